The van der Waals surface area contributed by atoms with Gasteiger partial charge < -0.3 is 14.2 Å². The molecule has 0 saturated carbocycles. The van der Waals surface area contributed by atoms with Gasteiger partial charge in [0.05, 0.1) is 25.8 Å². The first-order valence-electron chi connectivity index (χ1n) is 5.95. The Morgan fingerprint density at radius 2 is 2.00 bits per heavy atom. The zero-order valence-electron chi connectivity index (χ0n) is 11.5. The van der Waals surface area contributed by atoms with Crippen LogP contribution in [0.2, 0.25) is 0 Å². The van der Waals surface area contributed by atoms with Gasteiger partial charge in [-0.3, -0.25) is 4.79 Å². The zero-order chi connectivity index (χ0) is 16.9. The molecule has 0 atom stereocenters. The molecule has 1 aromatic rings. The van der Waals surface area contributed by atoms with Gasteiger partial charge in [-0.2, -0.15) is 0 Å². The quantitative estimate of drug-likeness (QED) is 0.593. The summed E-state index contributed by atoms with van der Waals surface area (Å²) >= 11 is 0. The van der Waals surface area contributed by atoms with E-state index < -0.39 is 48.1 Å². The Balaban J connectivity index is 3.24. The van der Waals surface area contributed by atoms with E-state index in [4.69, 9.17) is 0 Å². The molecule has 0 aliphatic heterocycles. The van der Waals surface area contributed by atoms with Gasteiger partial charge in [0.1, 0.15) is 0 Å². The number of esters is 1. The Morgan fingerprint density at radius 1 is 1.36 bits per heavy atom. The summed E-state index contributed by atoms with van der Waals surface area (Å²) in [5.41, 5.74) is -1.31. The molecule has 0 unspecified atom stereocenters. The average Bonchev–Trinajstić information content (AvgIpc) is 2.38. The van der Waals surface area contributed by atoms with Crippen LogP contribution >= 0.6 is 0 Å². The highest BCUT2D eigenvalue weighted by Gasteiger charge is 2.34. The minimum atomic E-state index is -5.10. The van der Waals surface area contributed by atoms with Crippen LogP contribution in [-0.2, 0) is 16.0 Å². The molecule has 0 amide bonds. The Labute approximate surface area is 122 Å². The molecule has 0 fully saturated rings. The predicted octanol–water partition coefficient (Wildman–Crippen LogP) is 3.03. The average molecular weight is 329 g/mol. The molecule has 0 aromatic carbocycles. The van der Waals surface area contributed by atoms with Crippen LogP contribution in [0.4, 0.5) is 22.0 Å². The van der Waals surface area contributed by atoms with Crippen molar-refractivity contribution in [3.63, 3.8) is 0 Å². The maximum absolute atomic E-state index is 12.9. The molecule has 0 N–H and O–H groups in total. The summed E-state index contributed by atoms with van der Waals surface area (Å²) in [4.78, 5) is 14.8. The van der Waals surface area contributed by atoms with E-state index in [0.29, 0.717) is 6.07 Å². The standard InChI is InChI=1S/C12H12F5NO4/c1-3-21-9(19)5-7-6(10(13)14)4-8(11(18-7)20-2)22-12(15,16)17/h4,10H,3,5H2,1-2H3. The van der Waals surface area contributed by atoms with Gasteiger partial charge in [0.25, 0.3) is 12.3 Å². The first-order chi connectivity index (χ1) is 10.2. The molecule has 0 aliphatic rings. The fourth-order valence-corrected chi connectivity index (χ4v) is 1.55. The number of aromatic nitrogens is 1. The number of alkyl halides is 5. The van der Waals surface area contributed by atoms with Crippen molar-refractivity contribution in [2.75, 3.05) is 13.7 Å². The molecule has 124 valence electrons. The molecule has 0 saturated heterocycles. The van der Waals surface area contributed by atoms with Gasteiger partial charge in [-0.15, -0.1) is 13.2 Å². The van der Waals surface area contributed by atoms with Gasteiger partial charge in [-0.05, 0) is 13.0 Å². The summed E-state index contributed by atoms with van der Waals surface area (Å²) in [5, 5.41) is 0. The van der Waals surface area contributed by atoms with Crippen molar-refractivity contribution < 1.29 is 41.0 Å². The summed E-state index contributed by atoms with van der Waals surface area (Å²) in [6.07, 6.45) is -8.88. The Hall–Kier alpha value is -2.13. The lowest BCUT2D eigenvalue weighted by Crippen LogP contribution is -2.19. The number of rotatable bonds is 6. The summed E-state index contributed by atoms with van der Waals surface area (Å²) < 4.78 is 75.3. The second kappa shape index (κ2) is 7.23. The highest BCUT2D eigenvalue weighted by molar-refractivity contribution is 5.72. The maximum atomic E-state index is 12.9. The SMILES string of the molecule is CCOC(=O)Cc1nc(OC)c(OC(F)(F)F)cc1C(F)F. The van der Waals surface area contributed by atoms with Crippen LogP contribution in [0.1, 0.15) is 24.6 Å². The lowest BCUT2D eigenvalue weighted by atomic mass is 10.1. The number of halogens is 5. The lowest BCUT2D eigenvalue weighted by molar-refractivity contribution is -0.275. The minimum absolute atomic E-state index is 0.0231. The molecule has 0 bridgehead atoms. The van der Waals surface area contributed by atoms with Crippen molar-refractivity contribution in [3.05, 3.63) is 17.3 Å². The van der Waals surface area contributed by atoms with Gasteiger partial charge in [-0.25, -0.2) is 13.8 Å². The van der Waals surface area contributed by atoms with E-state index >= 15 is 0 Å². The minimum Gasteiger partial charge on any atom is -0.478 e. The van der Waals surface area contributed by atoms with Crippen molar-refractivity contribution in [2.24, 2.45) is 0 Å². The Bertz CT molecular complexity index is 533. The van der Waals surface area contributed by atoms with Crippen LogP contribution in [0.15, 0.2) is 6.07 Å². The number of carbonyl (C=O) groups is 1. The molecule has 0 aliphatic carbocycles. The second-order valence-corrected chi connectivity index (χ2v) is 3.86. The van der Waals surface area contributed by atoms with Crippen LogP contribution in [0.25, 0.3) is 0 Å². The van der Waals surface area contributed by atoms with Crippen molar-refractivity contribution in [2.45, 2.75) is 26.1 Å². The van der Waals surface area contributed by atoms with Crippen LogP contribution in [-0.4, -0.2) is 31.0 Å². The number of carbonyl (C=O) groups excluding carboxylic acids is 1. The lowest BCUT2D eigenvalue weighted by Gasteiger charge is -2.15. The molecular weight excluding hydrogens is 317 g/mol. The van der Waals surface area contributed by atoms with Gasteiger partial charge in [0.2, 0.25) is 0 Å². The van der Waals surface area contributed by atoms with E-state index in [1.54, 1.807) is 0 Å². The van der Waals surface area contributed by atoms with Crippen molar-refractivity contribution in [1.29, 1.82) is 0 Å². The summed E-state index contributed by atoms with van der Waals surface area (Å²) in [6, 6.07) is 0.443. The maximum Gasteiger partial charge on any atom is 0.573 e. The highest BCUT2D eigenvalue weighted by Crippen LogP contribution is 2.35. The fraction of sp³-hybridized carbons (Fsp3) is 0.500. The van der Waals surface area contributed by atoms with E-state index in [9.17, 15) is 26.7 Å². The molecule has 22 heavy (non-hydrogen) atoms. The number of hydrogen-bond acceptors (Lipinski definition) is 5. The smallest absolute Gasteiger partial charge is 0.478 e. The first kappa shape index (κ1) is 17.9. The first-order valence-corrected chi connectivity index (χ1v) is 5.95. The van der Waals surface area contributed by atoms with Crippen molar-refractivity contribution in [3.8, 4) is 11.6 Å². The number of nitrogens with zero attached hydrogens (tertiary/aromatic N) is 1. The number of pyridine rings is 1. The second-order valence-electron chi connectivity index (χ2n) is 3.86. The zero-order valence-corrected chi connectivity index (χ0v) is 11.5. The third kappa shape index (κ3) is 5.01. The fourth-order valence-electron chi connectivity index (χ4n) is 1.55. The molecular formula is C12H12F5NO4. The Morgan fingerprint density at radius 3 is 2.45 bits per heavy atom. The van der Waals surface area contributed by atoms with Crippen LogP contribution in [0, 0.1) is 0 Å². The molecule has 1 heterocycles. The Kier molecular flexibility index (Phi) is 5.89. The van der Waals surface area contributed by atoms with Gasteiger partial charge in [-0.1, -0.05) is 0 Å². The highest BCUT2D eigenvalue weighted by atomic mass is 19.4. The van der Waals surface area contributed by atoms with Gasteiger partial charge in [0.15, 0.2) is 5.75 Å². The van der Waals surface area contributed by atoms with Crippen LogP contribution < -0.4 is 9.47 Å². The van der Waals surface area contributed by atoms with E-state index in [2.05, 4.69) is 19.2 Å². The summed E-state index contributed by atoms with van der Waals surface area (Å²) in [5.74, 6) is -2.53. The third-order valence-corrected chi connectivity index (χ3v) is 2.34. The predicted molar refractivity (Wildman–Crippen MR) is 62.8 cm³/mol. The molecule has 0 spiro atoms. The molecule has 5 nitrogen and oxygen atoms in total. The molecule has 10 heteroatoms. The topological polar surface area (TPSA) is 57.7 Å². The van der Waals surface area contributed by atoms with Gasteiger partial charge >= 0.3 is 12.3 Å². The van der Waals surface area contributed by atoms with Crippen molar-refractivity contribution in [1.82, 2.24) is 4.98 Å². The summed E-state index contributed by atoms with van der Waals surface area (Å²) in [6.45, 7) is 1.54. The van der Waals surface area contributed by atoms with E-state index in [1.165, 1.54) is 6.92 Å². The normalized spacial score (nSPS) is 11.5. The van der Waals surface area contributed by atoms with E-state index in [-0.39, 0.29) is 6.61 Å². The third-order valence-electron chi connectivity index (χ3n) is 2.34. The number of hydrogen-bond donors (Lipinski definition) is 0. The number of ether oxygens (including phenoxy) is 3. The van der Waals surface area contributed by atoms with E-state index in [0.717, 1.165) is 7.11 Å². The molecule has 1 rings (SSSR count). The monoisotopic (exact) mass is 329 g/mol. The van der Waals surface area contributed by atoms with Gasteiger partial charge in [0, 0.05) is 5.56 Å². The molecule has 0 radical (unpaired) electrons. The van der Waals surface area contributed by atoms with E-state index in [1.807, 2.05) is 0 Å². The summed E-state index contributed by atoms with van der Waals surface area (Å²) in [7, 11) is 0.988. The van der Waals surface area contributed by atoms with Crippen LogP contribution in [0.5, 0.6) is 11.6 Å². The van der Waals surface area contributed by atoms with Crippen LogP contribution in [0.3, 0.4) is 0 Å². The largest absolute Gasteiger partial charge is 0.573 e. The number of methoxy groups -OCH3 is 1. The van der Waals surface area contributed by atoms with Crippen molar-refractivity contribution >= 4 is 5.97 Å². The molecule has 1 aromatic heterocycles.